The van der Waals surface area contributed by atoms with Crippen LogP contribution in [0.25, 0.3) is 6.08 Å². The van der Waals surface area contributed by atoms with Crippen LogP contribution in [0.5, 0.6) is 0 Å². The van der Waals surface area contributed by atoms with E-state index in [1.807, 2.05) is 12.1 Å². The van der Waals surface area contributed by atoms with Crippen molar-refractivity contribution in [1.82, 2.24) is 0 Å². The number of hydrogen-bond donors (Lipinski definition) is 0. The highest BCUT2D eigenvalue weighted by atomic mass is 16.1. The van der Waals surface area contributed by atoms with E-state index in [-0.39, 0.29) is 11.6 Å². The Hall–Kier alpha value is -1.70. The summed E-state index contributed by atoms with van der Waals surface area (Å²) < 4.78 is 0. The Labute approximate surface area is 89.6 Å². The molecule has 0 bridgehead atoms. The van der Waals surface area contributed by atoms with Crippen molar-refractivity contribution < 1.29 is 9.59 Å². The number of Topliss-reactive ketones (excluding diaryl/α,β-unsaturated/α-hetero) is 2. The van der Waals surface area contributed by atoms with Crippen molar-refractivity contribution in [2.75, 3.05) is 0 Å². The van der Waals surface area contributed by atoms with Gasteiger partial charge in [0.15, 0.2) is 0 Å². The van der Waals surface area contributed by atoms with Crippen molar-refractivity contribution in [3.8, 4) is 0 Å². The van der Waals surface area contributed by atoms with Crippen molar-refractivity contribution in [3.63, 3.8) is 0 Å². The van der Waals surface area contributed by atoms with Crippen molar-refractivity contribution in [3.05, 3.63) is 42.0 Å². The second-order valence-corrected chi connectivity index (χ2v) is 3.53. The Kier molecular flexibility index (Phi) is 3.56. The molecule has 2 nitrogen and oxygen atoms in total. The molecule has 0 N–H and O–H groups in total. The molecule has 1 aromatic carbocycles. The lowest BCUT2D eigenvalue weighted by Crippen LogP contribution is -2.16. The first-order valence-corrected chi connectivity index (χ1v) is 4.79. The summed E-state index contributed by atoms with van der Waals surface area (Å²) in [5, 5.41) is 0. The maximum absolute atomic E-state index is 11.3. The van der Waals surface area contributed by atoms with Gasteiger partial charge in [-0.3, -0.25) is 9.59 Å². The fraction of sp³-hybridized carbons (Fsp3) is 0.231. The molecule has 0 atom stereocenters. The summed E-state index contributed by atoms with van der Waals surface area (Å²) in [6, 6.07) is 7.29. The average molecular weight is 202 g/mol. The summed E-state index contributed by atoms with van der Waals surface area (Å²) in [7, 11) is 0. The first kappa shape index (κ1) is 11.4. The van der Waals surface area contributed by atoms with Gasteiger partial charge in [-0.2, -0.15) is 0 Å². The van der Waals surface area contributed by atoms with Gasteiger partial charge in [0.2, 0.25) is 0 Å². The highest BCUT2D eigenvalue weighted by Gasteiger charge is 2.21. The van der Waals surface area contributed by atoms with Crippen LogP contribution in [0.2, 0.25) is 0 Å². The average Bonchev–Trinajstić information content (AvgIpc) is 2.18. The smallest absolute Gasteiger partial charge is 0.144 e. The lowest BCUT2D eigenvalue weighted by Gasteiger charge is -2.10. The van der Waals surface area contributed by atoms with E-state index in [1.165, 1.54) is 13.8 Å². The maximum atomic E-state index is 11.3. The van der Waals surface area contributed by atoms with E-state index in [1.54, 1.807) is 18.2 Å². The molecule has 2 heteroatoms. The molecule has 0 aromatic heterocycles. The Bertz CT molecular complexity index is 374. The quantitative estimate of drug-likeness (QED) is 0.703. The number of ketones is 2. The van der Waals surface area contributed by atoms with E-state index < -0.39 is 5.92 Å². The van der Waals surface area contributed by atoms with Crippen LogP contribution in [0.15, 0.2) is 30.8 Å². The van der Waals surface area contributed by atoms with Crippen LogP contribution in [0.3, 0.4) is 0 Å². The lowest BCUT2D eigenvalue weighted by atomic mass is 9.91. The highest BCUT2D eigenvalue weighted by Crippen LogP contribution is 2.18. The number of hydrogen-bond acceptors (Lipinski definition) is 2. The Morgan fingerprint density at radius 3 is 1.93 bits per heavy atom. The molecule has 0 unspecified atom stereocenters. The first-order chi connectivity index (χ1) is 7.06. The number of carbonyl (C=O) groups is 2. The Morgan fingerprint density at radius 2 is 1.60 bits per heavy atom. The van der Waals surface area contributed by atoms with Crippen molar-refractivity contribution in [2.24, 2.45) is 0 Å². The largest absolute Gasteiger partial charge is 0.299 e. The second-order valence-electron chi connectivity index (χ2n) is 3.53. The molecule has 0 fully saturated rings. The molecular formula is C13H14O2. The first-order valence-electron chi connectivity index (χ1n) is 4.79. The zero-order valence-corrected chi connectivity index (χ0v) is 8.99. The second kappa shape index (κ2) is 4.69. The van der Waals surface area contributed by atoms with Gasteiger partial charge in [0.1, 0.15) is 17.5 Å². The molecule has 78 valence electrons. The third-order valence-corrected chi connectivity index (χ3v) is 2.32. The summed E-state index contributed by atoms with van der Waals surface area (Å²) in [4.78, 5) is 22.6. The minimum Gasteiger partial charge on any atom is -0.299 e. The predicted octanol–water partition coefficient (Wildman–Crippen LogP) is 2.59. The molecule has 0 saturated carbocycles. The van der Waals surface area contributed by atoms with Gasteiger partial charge in [-0.05, 0) is 25.0 Å². The van der Waals surface area contributed by atoms with Gasteiger partial charge < -0.3 is 0 Å². The highest BCUT2D eigenvalue weighted by molar-refractivity contribution is 6.05. The number of rotatable bonds is 4. The predicted molar refractivity (Wildman–Crippen MR) is 60.6 cm³/mol. The molecular weight excluding hydrogens is 188 g/mol. The molecule has 0 aliphatic carbocycles. The molecule has 0 saturated heterocycles. The van der Waals surface area contributed by atoms with Gasteiger partial charge in [0.25, 0.3) is 0 Å². The Balaban J connectivity index is 3.07. The fourth-order valence-corrected chi connectivity index (χ4v) is 1.58. The van der Waals surface area contributed by atoms with Crippen LogP contribution in [0.1, 0.15) is 30.9 Å². The van der Waals surface area contributed by atoms with E-state index in [9.17, 15) is 9.59 Å². The van der Waals surface area contributed by atoms with E-state index in [0.29, 0.717) is 0 Å². The number of benzene rings is 1. The van der Waals surface area contributed by atoms with E-state index in [4.69, 9.17) is 0 Å². The molecule has 15 heavy (non-hydrogen) atoms. The summed E-state index contributed by atoms with van der Waals surface area (Å²) in [5.41, 5.74) is 1.73. The van der Waals surface area contributed by atoms with E-state index >= 15 is 0 Å². The molecule has 0 radical (unpaired) electrons. The molecule has 0 spiro atoms. The Morgan fingerprint density at radius 1 is 1.13 bits per heavy atom. The minimum atomic E-state index is -0.621. The van der Waals surface area contributed by atoms with Crippen molar-refractivity contribution >= 4 is 17.6 Å². The van der Waals surface area contributed by atoms with Crippen LogP contribution in [0.4, 0.5) is 0 Å². The van der Waals surface area contributed by atoms with E-state index in [0.717, 1.165) is 11.1 Å². The molecule has 0 heterocycles. The summed E-state index contributed by atoms with van der Waals surface area (Å²) in [6.07, 6.45) is 1.72. The van der Waals surface area contributed by atoms with Gasteiger partial charge in [0.05, 0.1) is 0 Å². The molecule has 0 amide bonds. The molecule has 0 aliphatic rings. The van der Waals surface area contributed by atoms with Gasteiger partial charge in [-0.1, -0.05) is 36.9 Å². The van der Waals surface area contributed by atoms with Crippen LogP contribution >= 0.6 is 0 Å². The van der Waals surface area contributed by atoms with Gasteiger partial charge >= 0.3 is 0 Å². The van der Waals surface area contributed by atoms with Crippen molar-refractivity contribution in [2.45, 2.75) is 19.8 Å². The van der Waals surface area contributed by atoms with E-state index in [2.05, 4.69) is 6.58 Å². The summed E-state index contributed by atoms with van der Waals surface area (Å²) in [6.45, 7) is 6.52. The zero-order chi connectivity index (χ0) is 11.4. The van der Waals surface area contributed by atoms with Gasteiger partial charge in [-0.25, -0.2) is 0 Å². The zero-order valence-electron chi connectivity index (χ0n) is 8.99. The summed E-state index contributed by atoms with van der Waals surface area (Å²) in [5.74, 6) is -0.855. The minimum absolute atomic E-state index is 0.117. The lowest BCUT2D eigenvalue weighted by molar-refractivity contribution is -0.126. The third-order valence-electron chi connectivity index (χ3n) is 2.32. The van der Waals surface area contributed by atoms with Crippen LogP contribution in [0, 0.1) is 0 Å². The third kappa shape index (κ3) is 2.62. The monoisotopic (exact) mass is 202 g/mol. The SMILES string of the molecule is C=Cc1ccc(C(C(C)=O)C(C)=O)cc1. The normalized spacial score (nSPS) is 10.1. The standard InChI is InChI=1S/C13H14O2/c1-4-11-5-7-12(8-6-11)13(9(2)14)10(3)15/h4-8,13H,1H2,2-3H3. The summed E-state index contributed by atoms with van der Waals surface area (Å²) >= 11 is 0. The van der Waals surface area contributed by atoms with Gasteiger partial charge in [-0.15, -0.1) is 0 Å². The van der Waals surface area contributed by atoms with Crippen molar-refractivity contribution in [1.29, 1.82) is 0 Å². The van der Waals surface area contributed by atoms with Crippen LogP contribution < -0.4 is 0 Å². The van der Waals surface area contributed by atoms with Gasteiger partial charge in [0, 0.05) is 0 Å². The molecule has 0 aliphatic heterocycles. The van der Waals surface area contributed by atoms with Crippen LogP contribution in [-0.4, -0.2) is 11.6 Å². The molecule has 1 aromatic rings. The molecule has 1 rings (SSSR count). The topological polar surface area (TPSA) is 34.1 Å². The van der Waals surface area contributed by atoms with Crippen LogP contribution in [-0.2, 0) is 9.59 Å². The maximum Gasteiger partial charge on any atom is 0.144 e. The number of carbonyl (C=O) groups excluding carboxylic acids is 2. The fourth-order valence-electron chi connectivity index (χ4n) is 1.58.